The topological polar surface area (TPSA) is 71.3 Å². The fourth-order valence-electron chi connectivity index (χ4n) is 2.33. The molecule has 24 heavy (non-hydrogen) atoms. The molecule has 6 heteroatoms. The quantitative estimate of drug-likeness (QED) is 0.386. The summed E-state index contributed by atoms with van der Waals surface area (Å²) >= 11 is 0. The molecule has 1 N–H and O–H groups in total. The predicted molar refractivity (Wildman–Crippen MR) is 101 cm³/mol. The summed E-state index contributed by atoms with van der Waals surface area (Å²) in [6, 6.07) is 1.77. The van der Waals surface area contributed by atoms with E-state index < -0.39 is 0 Å². The summed E-state index contributed by atoms with van der Waals surface area (Å²) in [7, 11) is 0. The van der Waals surface area contributed by atoms with Crippen molar-refractivity contribution in [2.45, 2.75) is 33.6 Å². The van der Waals surface area contributed by atoms with E-state index in [-0.39, 0.29) is 16.4 Å². The van der Waals surface area contributed by atoms with E-state index in [4.69, 9.17) is 0 Å². The summed E-state index contributed by atoms with van der Waals surface area (Å²) < 4.78 is 0. The van der Waals surface area contributed by atoms with Crippen LogP contribution < -0.4 is 10.2 Å². The van der Waals surface area contributed by atoms with Gasteiger partial charge in [0, 0.05) is 24.5 Å². The van der Waals surface area contributed by atoms with E-state index in [2.05, 4.69) is 30.4 Å². The number of unbranched alkanes of at least 4 members (excludes halogenated alkanes) is 1. The van der Waals surface area contributed by atoms with Gasteiger partial charge in [-0.15, -0.1) is 0 Å². The largest absolute Gasteiger partial charge is 0.366 e. The van der Waals surface area contributed by atoms with Gasteiger partial charge in [0.2, 0.25) is 5.82 Å². The minimum Gasteiger partial charge on any atom is -0.366 e. The minimum atomic E-state index is -0.386. The third-order valence-corrected chi connectivity index (χ3v) is 3.50. The number of aromatic nitrogens is 1. The molecule has 1 rings (SSSR count). The van der Waals surface area contributed by atoms with Gasteiger partial charge in [-0.3, -0.25) is 10.1 Å². The predicted octanol–water partition coefficient (Wildman–Crippen LogP) is 4.59. The molecule has 0 aliphatic rings. The molecule has 0 atom stereocenters. The first-order chi connectivity index (χ1) is 11.4. The van der Waals surface area contributed by atoms with Gasteiger partial charge in [-0.05, 0) is 32.4 Å². The molecule has 6 nitrogen and oxygen atoms in total. The van der Waals surface area contributed by atoms with Gasteiger partial charge in [0.15, 0.2) is 0 Å². The van der Waals surface area contributed by atoms with Gasteiger partial charge in [-0.1, -0.05) is 38.7 Å². The van der Waals surface area contributed by atoms with Gasteiger partial charge < -0.3 is 10.2 Å². The summed E-state index contributed by atoms with van der Waals surface area (Å²) in [5, 5.41) is 14.6. The lowest BCUT2D eigenvalue weighted by molar-refractivity contribution is -0.383. The molecule has 0 fully saturated rings. The zero-order valence-corrected chi connectivity index (χ0v) is 14.7. The number of hydrogen-bond acceptors (Lipinski definition) is 5. The summed E-state index contributed by atoms with van der Waals surface area (Å²) in [6.07, 6.45) is 7.01. The van der Waals surface area contributed by atoms with E-state index in [1.165, 1.54) is 0 Å². The number of hydrogen-bond donors (Lipinski definition) is 1. The van der Waals surface area contributed by atoms with Crippen molar-refractivity contribution >= 4 is 17.2 Å². The van der Waals surface area contributed by atoms with Crippen LogP contribution in [0.3, 0.4) is 0 Å². The molecule has 0 unspecified atom stereocenters. The molecule has 1 aromatic rings. The Hall–Kier alpha value is -2.63. The van der Waals surface area contributed by atoms with Crippen LogP contribution in [0.5, 0.6) is 0 Å². The molecule has 0 aliphatic heterocycles. The van der Waals surface area contributed by atoms with Crippen LogP contribution >= 0.6 is 0 Å². The second-order valence-corrected chi connectivity index (χ2v) is 5.42. The highest BCUT2D eigenvalue weighted by Gasteiger charge is 2.25. The lowest BCUT2D eigenvalue weighted by atomic mass is 10.2. The highest BCUT2D eigenvalue weighted by atomic mass is 16.6. The van der Waals surface area contributed by atoms with Crippen molar-refractivity contribution in [2.24, 2.45) is 0 Å². The normalized spacial score (nSPS) is 10.6. The van der Waals surface area contributed by atoms with Crippen molar-refractivity contribution in [1.29, 1.82) is 0 Å². The fourth-order valence-corrected chi connectivity index (χ4v) is 2.33. The standard InChI is InChI=1S/C18H26N4O2/c1-6-9-11-14(4)19-18-17(22(23)24)16(13-15(5)20-18)21(8-3)12-10-7-2/h6,9,11,13H,1,4,7-8,10,12H2,2-3,5H3,(H,19,20)/b11-9-. The monoisotopic (exact) mass is 330 g/mol. The zero-order chi connectivity index (χ0) is 18.1. The average molecular weight is 330 g/mol. The van der Waals surface area contributed by atoms with Gasteiger partial charge in [0.1, 0.15) is 5.69 Å². The van der Waals surface area contributed by atoms with Crippen molar-refractivity contribution in [3.8, 4) is 0 Å². The molecule has 0 spiro atoms. The number of pyridine rings is 1. The SMILES string of the molecule is C=C/C=C\C(=C)Nc1nc(C)cc(N(CC)CCCC)c1[N+](=O)[O-]. The molecule has 0 aromatic carbocycles. The summed E-state index contributed by atoms with van der Waals surface area (Å²) in [5.41, 5.74) is 1.80. The first kappa shape index (κ1) is 19.4. The van der Waals surface area contributed by atoms with E-state index in [1.807, 2.05) is 18.7 Å². The van der Waals surface area contributed by atoms with Gasteiger partial charge >= 0.3 is 5.69 Å². The van der Waals surface area contributed by atoms with Gasteiger partial charge in [0.05, 0.1) is 4.92 Å². The molecule has 0 saturated carbocycles. The maximum absolute atomic E-state index is 11.7. The van der Waals surface area contributed by atoms with Crippen LogP contribution in [0.1, 0.15) is 32.4 Å². The molecule has 0 radical (unpaired) electrons. The van der Waals surface area contributed by atoms with Crippen molar-refractivity contribution in [1.82, 2.24) is 4.98 Å². The zero-order valence-electron chi connectivity index (χ0n) is 14.7. The number of nitrogens with one attached hydrogen (secondary N) is 1. The van der Waals surface area contributed by atoms with Gasteiger partial charge in [-0.2, -0.15) is 0 Å². The Bertz CT molecular complexity index is 638. The first-order valence-electron chi connectivity index (χ1n) is 8.10. The highest BCUT2D eigenvalue weighted by Crippen LogP contribution is 2.35. The van der Waals surface area contributed by atoms with Crippen molar-refractivity contribution in [3.63, 3.8) is 0 Å². The fraction of sp³-hybridized carbons (Fsp3) is 0.389. The molecule has 1 aromatic heterocycles. The van der Waals surface area contributed by atoms with E-state index in [0.717, 1.165) is 19.4 Å². The maximum Gasteiger partial charge on any atom is 0.334 e. The second kappa shape index (κ2) is 9.50. The molecule has 130 valence electrons. The van der Waals surface area contributed by atoms with Gasteiger partial charge in [-0.25, -0.2) is 4.98 Å². The van der Waals surface area contributed by atoms with Crippen LogP contribution in [0.4, 0.5) is 17.2 Å². The Balaban J connectivity index is 3.33. The molecular weight excluding hydrogens is 304 g/mol. The second-order valence-electron chi connectivity index (χ2n) is 5.42. The molecular formula is C18H26N4O2. The van der Waals surface area contributed by atoms with E-state index >= 15 is 0 Å². The van der Waals surface area contributed by atoms with E-state index in [0.29, 0.717) is 23.6 Å². The van der Waals surface area contributed by atoms with Crippen LogP contribution in [0.15, 0.2) is 43.1 Å². The molecule has 0 aliphatic carbocycles. The maximum atomic E-state index is 11.7. The number of nitrogens with zero attached hydrogens (tertiary/aromatic N) is 3. The summed E-state index contributed by atoms with van der Waals surface area (Å²) in [6.45, 7) is 14.8. The van der Waals surface area contributed by atoms with E-state index in [9.17, 15) is 10.1 Å². The van der Waals surface area contributed by atoms with Crippen LogP contribution in [0.25, 0.3) is 0 Å². The Kier molecular flexibility index (Phi) is 7.68. The van der Waals surface area contributed by atoms with Crippen molar-refractivity contribution < 1.29 is 4.92 Å². The Morgan fingerprint density at radius 2 is 2.21 bits per heavy atom. The van der Waals surface area contributed by atoms with Crippen molar-refractivity contribution in [2.75, 3.05) is 23.3 Å². The summed E-state index contributed by atoms with van der Waals surface area (Å²) in [4.78, 5) is 17.6. The molecule has 0 saturated heterocycles. The molecule has 1 heterocycles. The number of anilines is 2. The third-order valence-electron chi connectivity index (χ3n) is 3.50. The van der Waals surface area contributed by atoms with Crippen molar-refractivity contribution in [3.05, 3.63) is 59.0 Å². The minimum absolute atomic E-state index is 0.0216. The van der Waals surface area contributed by atoms with Crippen LogP contribution in [-0.4, -0.2) is 23.0 Å². The lowest BCUT2D eigenvalue weighted by Crippen LogP contribution is -2.25. The number of rotatable bonds is 10. The van der Waals surface area contributed by atoms with E-state index in [1.54, 1.807) is 24.3 Å². The Morgan fingerprint density at radius 3 is 2.75 bits per heavy atom. The van der Waals surface area contributed by atoms with Gasteiger partial charge in [0.25, 0.3) is 0 Å². The summed E-state index contributed by atoms with van der Waals surface area (Å²) in [5.74, 6) is 0.212. The smallest absolute Gasteiger partial charge is 0.334 e. The third kappa shape index (κ3) is 5.22. The molecule has 0 bridgehead atoms. The first-order valence-corrected chi connectivity index (χ1v) is 8.10. The molecule has 0 amide bonds. The highest BCUT2D eigenvalue weighted by molar-refractivity contribution is 5.76. The van der Waals surface area contributed by atoms with Crippen LogP contribution in [0, 0.1) is 17.0 Å². The Morgan fingerprint density at radius 1 is 1.50 bits per heavy atom. The van der Waals surface area contributed by atoms with Crippen LogP contribution in [-0.2, 0) is 0 Å². The number of nitro groups is 1. The number of aryl methyl sites for hydroxylation is 1. The average Bonchev–Trinajstić information content (AvgIpc) is 2.52. The van der Waals surface area contributed by atoms with Crippen LogP contribution in [0.2, 0.25) is 0 Å². The number of allylic oxidation sites excluding steroid dienone is 3. The lowest BCUT2D eigenvalue weighted by Gasteiger charge is -2.23. The Labute approximate surface area is 143 Å².